The molecular formula is C43H87N7O2. The molecular weight excluding hydrogens is 647 g/mol. The van der Waals surface area contributed by atoms with Crippen LogP contribution in [0.4, 0.5) is 0 Å². The third-order valence-corrected chi connectivity index (χ3v) is 10.2. The average Bonchev–Trinajstić information content (AvgIpc) is 3.13. The zero-order valence-corrected chi connectivity index (χ0v) is 34.3. The van der Waals surface area contributed by atoms with Crippen LogP contribution in [0.5, 0.6) is 0 Å². The Labute approximate surface area is 321 Å². The fraction of sp³-hybridized carbons (Fsp3) is 0.884. The molecule has 0 rings (SSSR count). The smallest absolute Gasteiger partial charge is 0.338 e. The molecule has 0 aromatic carbocycles. The van der Waals surface area contributed by atoms with Crippen LogP contribution < -0.4 is 27.5 Å². The first-order valence-electron chi connectivity index (χ1n) is 22.1. The molecule has 9 N–H and O–H groups in total. The summed E-state index contributed by atoms with van der Waals surface area (Å²) in [5.41, 5.74) is 25.2. The highest BCUT2D eigenvalue weighted by molar-refractivity contribution is 5.85. The predicted molar refractivity (Wildman–Crippen MR) is 224 cm³/mol. The number of amides is 2. The molecule has 9 heteroatoms. The van der Waals surface area contributed by atoms with Crippen LogP contribution in [0.1, 0.15) is 206 Å². The van der Waals surface area contributed by atoms with Crippen LogP contribution in [-0.4, -0.2) is 60.9 Å². The summed E-state index contributed by atoms with van der Waals surface area (Å²) in [6, 6.07) is -1.72. The second-order valence-corrected chi connectivity index (χ2v) is 15.3. The van der Waals surface area contributed by atoms with E-state index in [0.29, 0.717) is 19.4 Å². The number of hydrogen-bond donors (Lipinski definition) is 5. The second-order valence-electron chi connectivity index (χ2n) is 15.3. The molecule has 2 amide bonds. The molecule has 9 nitrogen and oxygen atoms in total. The van der Waals surface area contributed by atoms with Crippen LogP contribution in [0.2, 0.25) is 0 Å². The lowest BCUT2D eigenvalue weighted by molar-refractivity contribution is -0.459. The van der Waals surface area contributed by atoms with Crippen molar-refractivity contribution in [1.82, 2.24) is 10.2 Å². The molecule has 0 saturated heterocycles. The van der Waals surface area contributed by atoms with Crippen LogP contribution in [0.3, 0.4) is 0 Å². The number of allylic oxidation sites excluding steroid dienone is 2. The summed E-state index contributed by atoms with van der Waals surface area (Å²) in [5, 5.41) is 2.73. The maximum Gasteiger partial charge on any atom is 0.338 e. The number of carbonyl (C=O) groups excluding carboxylic acids is 2. The SMILES string of the molecule is CCCCCCCC/C=C\CCCCCCCCN(CCCCCCCCCCCCCCCC)C(=O)C(N)CNC(=O)C([NH-])CCC[NH+]=C(N)N. The van der Waals surface area contributed by atoms with Gasteiger partial charge >= 0.3 is 5.96 Å². The van der Waals surface area contributed by atoms with Crippen molar-refractivity contribution in [2.24, 2.45) is 17.2 Å². The number of hydrogen-bond acceptors (Lipinski definition) is 3. The van der Waals surface area contributed by atoms with Gasteiger partial charge in [-0.15, -0.1) is 0 Å². The van der Waals surface area contributed by atoms with E-state index < -0.39 is 18.0 Å². The summed E-state index contributed by atoms with van der Waals surface area (Å²) >= 11 is 0. The van der Waals surface area contributed by atoms with Crippen LogP contribution in [0.15, 0.2) is 12.2 Å². The summed E-state index contributed by atoms with van der Waals surface area (Å²) in [4.78, 5) is 30.6. The molecule has 0 aliphatic heterocycles. The summed E-state index contributed by atoms with van der Waals surface area (Å²) in [6.07, 6.45) is 41.6. The Bertz CT molecular complexity index is 862. The van der Waals surface area contributed by atoms with E-state index in [1.54, 1.807) is 0 Å². The van der Waals surface area contributed by atoms with Gasteiger partial charge in [0.15, 0.2) is 0 Å². The molecule has 0 fully saturated rings. The minimum Gasteiger partial charge on any atom is -0.667 e. The van der Waals surface area contributed by atoms with Crippen molar-refractivity contribution in [2.45, 2.75) is 219 Å². The number of nitrogens with two attached hydrogens (primary N) is 3. The van der Waals surface area contributed by atoms with Gasteiger partial charge in [0.2, 0.25) is 11.8 Å². The van der Waals surface area contributed by atoms with Gasteiger partial charge in [0.05, 0.1) is 6.54 Å². The highest BCUT2D eigenvalue weighted by atomic mass is 16.2. The van der Waals surface area contributed by atoms with Gasteiger partial charge < -0.3 is 21.7 Å². The molecule has 0 radical (unpaired) electrons. The lowest BCUT2D eigenvalue weighted by atomic mass is 10.0. The third-order valence-electron chi connectivity index (χ3n) is 10.2. The third kappa shape index (κ3) is 33.7. The average molecular weight is 734 g/mol. The van der Waals surface area contributed by atoms with Gasteiger partial charge in [0, 0.05) is 19.6 Å². The maximum atomic E-state index is 13.4. The summed E-state index contributed by atoms with van der Waals surface area (Å²) in [5.74, 6) is -0.367. The zero-order chi connectivity index (χ0) is 38.3. The molecule has 52 heavy (non-hydrogen) atoms. The van der Waals surface area contributed by atoms with Crippen molar-refractivity contribution < 1.29 is 14.6 Å². The van der Waals surface area contributed by atoms with E-state index in [2.05, 4.69) is 36.3 Å². The van der Waals surface area contributed by atoms with E-state index in [4.69, 9.17) is 22.9 Å². The molecule has 0 aromatic rings. The Kier molecular flexibility index (Phi) is 37.0. The highest BCUT2D eigenvalue weighted by Gasteiger charge is 2.21. The number of rotatable bonds is 39. The molecule has 0 aromatic heterocycles. The van der Waals surface area contributed by atoms with Gasteiger partial charge in [-0.1, -0.05) is 180 Å². The van der Waals surface area contributed by atoms with Gasteiger partial charge in [0.25, 0.3) is 0 Å². The van der Waals surface area contributed by atoms with E-state index in [1.165, 1.54) is 154 Å². The lowest BCUT2D eigenvalue weighted by Crippen LogP contribution is -2.78. The topological polar surface area (TPSA) is 165 Å². The molecule has 2 unspecified atom stereocenters. The molecule has 0 saturated carbocycles. The van der Waals surface area contributed by atoms with Gasteiger partial charge in [-0.05, 0) is 44.9 Å². The molecule has 2 atom stereocenters. The molecule has 0 bridgehead atoms. The Morgan fingerprint density at radius 3 is 1.40 bits per heavy atom. The van der Waals surface area contributed by atoms with Crippen molar-refractivity contribution in [1.29, 1.82) is 0 Å². The fourth-order valence-corrected chi connectivity index (χ4v) is 6.71. The van der Waals surface area contributed by atoms with E-state index in [1.807, 2.05) is 4.90 Å². The number of guanidine groups is 1. The van der Waals surface area contributed by atoms with E-state index >= 15 is 0 Å². The standard InChI is InChI=1S/C43H86N7O2/c1-3-5-7-9-11-13-15-17-19-20-22-24-26-28-30-32-37-50(36-31-29-27-25-23-21-18-16-14-12-10-8-6-4-2)42(52)40(45)38-49-41(51)39(44)34-33-35-48-43(46)47/h17,19,39-40,44H,3-16,18,20-38,45H2,1-2H3,(H,49,51)(H4,46,47,48)/q-1/p+1/b19-17-. The van der Waals surface area contributed by atoms with Gasteiger partial charge in [-0.25, -0.2) is 0 Å². The Morgan fingerprint density at radius 2 is 1.00 bits per heavy atom. The van der Waals surface area contributed by atoms with Crippen molar-refractivity contribution in [3.8, 4) is 0 Å². The predicted octanol–water partition coefficient (Wildman–Crippen LogP) is 8.33. The lowest BCUT2D eigenvalue weighted by Gasteiger charge is -2.27. The molecule has 0 spiro atoms. The van der Waals surface area contributed by atoms with Crippen molar-refractivity contribution in [2.75, 3.05) is 26.2 Å². The maximum absolute atomic E-state index is 13.4. The Morgan fingerprint density at radius 1 is 0.615 bits per heavy atom. The van der Waals surface area contributed by atoms with Crippen LogP contribution in [0.25, 0.3) is 5.73 Å². The largest absolute Gasteiger partial charge is 0.667 e. The minimum atomic E-state index is -0.920. The van der Waals surface area contributed by atoms with Crippen LogP contribution in [0, 0.1) is 0 Å². The van der Waals surface area contributed by atoms with Crippen molar-refractivity contribution in [3.05, 3.63) is 17.9 Å². The molecule has 0 heterocycles. The first kappa shape index (κ1) is 49.9. The summed E-state index contributed by atoms with van der Waals surface area (Å²) in [7, 11) is 0. The fourth-order valence-electron chi connectivity index (χ4n) is 6.71. The normalized spacial score (nSPS) is 12.6. The van der Waals surface area contributed by atoms with Gasteiger partial charge in [-0.2, -0.15) is 0 Å². The zero-order valence-electron chi connectivity index (χ0n) is 34.3. The summed E-state index contributed by atoms with van der Waals surface area (Å²) in [6.45, 7) is 6.54. The van der Waals surface area contributed by atoms with Gasteiger partial charge in [0.1, 0.15) is 6.04 Å². The van der Waals surface area contributed by atoms with Crippen molar-refractivity contribution >= 4 is 17.8 Å². The van der Waals surface area contributed by atoms with E-state index in [-0.39, 0.29) is 18.4 Å². The number of nitrogens with one attached hydrogen (secondary N) is 3. The number of unbranched alkanes of at least 4 members (excludes halogenated alkanes) is 25. The quantitative estimate of drug-likeness (QED) is 0.0185. The van der Waals surface area contributed by atoms with Crippen molar-refractivity contribution in [3.63, 3.8) is 0 Å². The first-order valence-corrected chi connectivity index (χ1v) is 22.1. The van der Waals surface area contributed by atoms with Crippen LogP contribution in [-0.2, 0) is 9.59 Å². The van der Waals surface area contributed by atoms with E-state index in [9.17, 15) is 9.59 Å². The second kappa shape index (κ2) is 38.6. The Hall–Kier alpha value is -2.13. The number of carbonyl (C=O) groups is 2. The van der Waals surface area contributed by atoms with Crippen LogP contribution >= 0.6 is 0 Å². The summed E-state index contributed by atoms with van der Waals surface area (Å²) < 4.78 is 0. The Balaban J connectivity index is 4.44. The monoisotopic (exact) mass is 734 g/mol. The highest BCUT2D eigenvalue weighted by Crippen LogP contribution is 2.15. The molecule has 306 valence electrons. The van der Waals surface area contributed by atoms with E-state index in [0.717, 1.165) is 38.8 Å². The molecule has 0 aliphatic carbocycles. The number of nitrogens with zero attached hydrogens (tertiary/aromatic N) is 1. The van der Waals surface area contributed by atoms with Gasteiger partial charge in [-0.3, -0.25) is 26.0 Å². The minimum absolute atomic E-state index is 0.0530. The first-order chi connectivity index (χ1) is 25.3. The molecule has 0 aliphatic rings.